The Kier molecular flexibility index (Phi) is 1.54. The van der Waals surface area contributed by atoms with Gasteiger partial charge in [0.25, 0.3) is 0 Å². The number of amides is 1. The van der Waals surface area contributed by atoms with Crippen molar-refractivity contribution >= 4 is 5.91 Å². The van der Waals surface area contributed by atoms with Gasteiger partial charge in [0, 0.05) is 5.92 Å². The van der Waals surface area contributed by atoms with Crippen LogP contribution in [0.1, 0.15) is 0 Å². The molecule has 0 aromatic heterocycles. The van der Waals surface area contributed by atoms with Crippen LogP contribution in [-0.2, 0) is 9.53 Å². The molecule has 0 aromatic carbocycles. The molecule has 3 aliphatic rings. The van der Waals surface area contributed by atoms with Gasteiger partial charge in [-0.2, -0.15) is 0 Å². The number of hydrogen-bond donors (Lipinski definition) is 1. The zero-order valence-corrected chi connectivity index (χ0v) is 7.64. The molecule has 1 N–H and O–H groups in total. The first-order chi connectivity index (χ1) is 6.86. The Morgan fingerprint density at radius 3 is 3.29 bits per heavy atom. The normalized spacial score (nSPS) is 38.1. The van der Waals surface area contributed by atoms with Crippen LogP contribution in [0.15, 0.2) is 36.1 Å². The highest BCUT2D eigenvalue weighted by Gasteiger charge is 2.44. The molecule has 0 saturated carbocycles. The molecule has 1 saturated heterocycles. The Morgan fingerprint density at radius 2 is 2.36 bits per heavy atom. The van der Waals surface area contributed by atoms with Crippen LogP contribution in [0.25, 0.3) is 0 Å². The molecular formula is C11H11NO2. The van der Waals surface area contributed by atoms with E-state index in [4.69, 9.17) is 4.74 Å². The summed E-state index contributed by atoms with van der Waals surface area (Å²) < 4.78 is 5.51. The van der Waals surface area contributed by atoms with E-state index in [1.165, 1.54) is 0 Å². The molecule has 2 heterocycles. The summed E-state index contributed by atoms with van der Waals surface area (Å²) in [5, 5.41) is 2.84. The second-order valence-electron chi connectivity index (χ2n) is 3.83. The summed E-state index contributed by atoms with van der Waals surface area (Å²) in [6.07, 6.45) is 9.86. The van der Waals surface area contributed by atoms with E-state index in [1.807, 2.05) is 18.2 Å². The molecule has 0 aromatic rings. The fraction of sp³-hybridized carbons (Fsp3) is 0.364. The maximum Gasteiger partial charge on any atom is 0.228 e. The standard InChI is InChI=1S/C11H11NO2/c13-11-10-8-4-2-1-3-7(8)6-14-9(10)5-12-11/h1-4,6,8-10H,5H2,(H,12,13). The van der Waals surface area contributed by atoms with Gasteiger partial charge in [-0.05, 0) is 5.57 Å². The lowest BCUT2D eigenvalue weighted by molar-refractivity contribution is -0.125. The molecule has 1 fully saturated rings. The van der Waals surface area contributed by atoms with Gasteiger partial charge in [-0.25, -0.2) is 0 Å². The molecule has 0 radical (unpaired) electrons. The third-order valence-corrected chi connectivity index (χ3v) is 3.05. The van der Waals surface area contributed by atoms with Gasteiger partial charge in [0.05, 0.1) is 18.7 Å². The van der Waals surface area contributed by atoms with E-state index in [2.05, 4.69) is 11.4 Å². The summed E-state index contributed by atoms with van der Waals surface area (Å²) >= 11 is 0. The summed E-state index contributed by atoms with van der Waals surface area (Å²) in [7, 11) is 0. The monoisotopic (exact) mass is 189 g/mol. The maximum atomic E-state index is 11.6. The van der Waals surface area contributed by atoms with Crippen LogP contribution in [0.4, 0.5) is 0 Å². The van der Waals surface area contributed by atoms with E-state index >= 15 is 0 Å². The Hall–Kier alpha value is -1.51. The maximum absolute atomic E-state index is 11.6. The molecule has 1 amide bonds. The van der Waals surface area contributed by atoms with Gasteiger partial charge in [-0.15, -0.1) is 0 Å². The van der Waals surface area contributed by atoms with Crippen molar-refractivity contribution in [2.24, 2.45) is 11.8 Å². The number of carbonyl (C=O) groups excluding carboxylic acids is 1. The summed E-state index contributed by atoms with van der Waals surface area (Å²) in [5.74, 6) is 0.294. The van der Waals surface area contributed by atoms with Crippen molar-refractivity contribution in [1.29, 1.82) is 0 Å². The second-order valence-corrected chi connectivity index (χ2v) is 3.83. The minimum atomic E-state index is -0.0313. The van der Waals surface area contributed by atoms with Crippen LogP contribution < -0.4 is 5.32 Å². The lowest BCUT2D eigenvalue weighted by Crippen LogP contribution is -2.34. The fourth-order valence-corrected chi connectivity index (χ4v) is 2.33. The zero-order chi connectivity index (χ0) is 9.54. The molecule has 3 rings (SSSR count). The van der Waals surface area contributed by atoms with Gasteiger partial charge < -0.3 is 10.1 Å². The predicted octanol–water partition coefficient (Wildman–Crippen LogP) is 0.757. The van der Waals surface area contributed by atoms with E-state index in [0.717, 1.165) is 5.57 Å². The third kappa shape index (κ3) is 0.953. The SMILES string of the molecule is O=C1NCC2OC=C3C=CC=CC3C12. The molecule has 14 heavy (non-hydrogen) atoms. The van der Waals surface area contributed by atoms with Crippen LogP contribution in [-0.4, -0.2) is 18.6 Å². The van der Waals surface area contributed by atoms with Crippen molar-refractivity contribution in [3.05, 3.63) is 36.1 Å². The number of carbonyl (C=O) groups is 1. The lowest BCUT2D eigenvalue weighted by atomic mass is 9.80. The van der Waals surface area contributed by atoms with Gasteiger partial charge in [0.2, 0.25) is 5.91 Å². The Bertz CT molecular complexity index is 367. The summed E-state index contributed by atoms with van der Waals surface area (Å²) in [5.41, 5.74) is 1.10. The van der Waals surface area contributed by atoms with E-state index < -0.39 is 0 Å². The lowest BCUT2D eigenvalue weighted by Gasteiger charge is -2.30. The van der Waals surface area contributed by atoms with Crippen LogP contribution in [0, 0.1) is 11.8 Å². The second kappa shape index (κ2) is 2.74. The topological polar surface area (TPSA) is 38.3 Å². The van der Waals surface area contributed by atoms with E-state index in [1.54, 1.807) is 6.26 Å². The molecular weight excluding hydrogens is 178 g/mol. The first-order valence-electron chi connectivity index (χ1n) is 4.84. The first-order valence-corrected chi connectivity index (χ1v) is 4.84. The first kappa shape index (κ1) is 7.85. The highest BCUT2D eigenvalue weighted by Crippen LogP contribution is 2.36. The molecule has 3 heteroatoms. The van der Waals surface area contributed by atoms with Gasteiger partial charge in [-0.1, -0.05) is 24.3 Å². The Morgan fingerprint density at radius 1 is 1.43 bits per heavy atom. The average molecular weight is 189 g/mol. The number of ether oxygens (including phenoxy) is 1. The van der Waals surface area contributed by atoms with E-state index in [-0.39, 0.29) is 23.8 Å². The zero-order valence-electron chi connectivity index (χ0n) is 7.64. The predicted molar refractivity (Wildman–Crippen MR) is 51.2 cm³/mol. The minimum Gasteiger partial charge on any atom is -0.495 e. The van der Waals surface area contributed by atoms with Crippen LogP contribution >= 0.6 is 0 Å². The largest absolute Gasteiger partial charge is 0.495 e. The highest BCUT2D eigenvalue weighted by atomic mass is 16.5. The molecule has 1 aliphatic carbocycles. The number of allylic oxidation sites excluding steroid dienone is 5. The molecule has 0 spiro atoms. The third-order valence-electron chi connectivity index (χ3n) is 3.05. The molecule has 3 atom stereocenters. The molecule has 3 nitrogen and oxygen atoms in total. The van der Waals surface area contributed by atoms with Crippen molar-refractivity contribution < 1.29 is 9.53 Å². The van der Waals surface area contributed by atoms with Gasteiger partial charge in [-0.3, -0.25) is 4.79 Å². The van der Waals surface area contributed by atoms with E-state index in [9.17, 15) is 4.79 Å². The van der Waals surface area contributed by atoms with Crippen molar-refractivity contribution in [3.63, 3.8) is 0 Å². The summed E-state index contributed by atoms with van der Waals surface area (Å²) in [6, 6.07) is 0. The number of fused-ring (bicyclic) bond motifs is 3. The van der Waals surface area contributed by atoms with Crippen LogP contribution in [0.2, 0.25) is 0 Å². The van der Waals surface area contributed by atoms with Crippen molar-refractivity contribution in [3.8, 4) is 0 Å². The number of rotatable bonds is 0. The molecule has 0 bridgehead atoms. The summed E-state index contributed by atoms with van der Waals surface area (Å²) in [4.78, 5) is 11.6. The van der Waals surface area contributed by atoms with Crippen LogP contribution in [0.5, 0.6) is 0 Å². The smallest absolute Gasteiger partial charge is 0.228 e. The molecule has 72 valence electrons. The molecule has 3 unspecified atom stereocenters. The van der Waals surface area contributed by atoms with Crippen molar-refractivity contribution in [2.45, 2.75) is 6.10 Å². The minimum absolute atomic E-state index is 0.0207. The van der Waals surface area contributed by atoms with Crippen molar-refractivity contribution in [1.82, 2.24) is 5.32 Å². The average Bonchev–Trinajstić information content (AvgIpc) is 2.61. The van der Waals surface area contributed by atoms with Crippen LogP contribution in [0.3, 0.4) is 0 Å². The Balaban J connectivity index is 2.01. The fourth-order valence-electron chi connectivity index (χ4n) is 2.33. The number of hydrogen-bond acceptors (Lipinski definition) is 2. The van der Waals surface area contributed by atoms with Gasteiger partial charge in [0.15, 0.2) is 0 Å². The van der Waals surface area contributed by atoms with Gasteiger partial charge in [0.1, 0.15) is 6.10 Å². The quantitative estimate of drug-likeness (QED) is 0.611. The Labute approximate surface area is 82.1 Å². The van der Waals surface area contributed by atoms with E-state index in [0.29, 0.717) is 6.54 Å². The summed E-state index contributed by atoms with van der Waals surface area (Å²) in [6.45, 7) is 0.640. The van der Waals surface area contributed by atoms with Gasteiger partial charge >= 0.3 is 0 Å². The number of nitrogens with one attached hydrogen (secondary N) is 1. The molecule has 2 aliphatic heterocycles. The van der Waals surface area contributed by atoms with Crippen molar-refractivity contribution in [2.75, 3.05) is 6.54 Å². The highest BCUT2D eigenvalue weighted by molar-refractivity contribution is 5.83.